The molecule has 0 bridgehead atoms. The molecule has 1 unspecified atom stereocenters. The van der Waals surface area contributed by atoms with Gasteiger partial charge in [0, 0.05) is 25.5 Å². The van der Waals surface area contributed by atoms with Gasteiger partial charge in [-0.25, -0.2) is 13.1 Å². The van der Waals surface area contributed by atoms with E-state index in [0.29, 0.717) is 5.56 Å². The zero-order chi connectivity index (χ0) is 15.1. The van der Waals surface area contributed by atoms with Crippen LogP contribution >= 0.6 is 11.6 Å². The highest BCUT2D eigenvalue weighted by Gasteiger charge is 2.43. The maximum atomic E-state index is 11.9. The van der Waals surface area contributed by atoms with E-state index in [1.807, 2.05) is 0 Å². The van der Waals surface area contributed by atoms with E-state index in [4.69, 9.17) is 11.6 Å². The minimum absolute atomic E-state index is 0.0543. The molecule has 20 heavy (non-hydrogen) atoms. The number of halogens is 1. The van der Waals surface area contributed by atoms with Gasteiger partial charge in [-0.05, 0) is 19.2 Å². The molecule has 1 heterocycles. The van der Waals surface area contributed by atoms with E-state index in [1.54, 1.807) is 0 Å². The number of hydrogen-bond acceptors (Lipinski definition) is 4. The molecule has 2 N–H and O–H groups in total. The molecule has 0 radical (unpaired) electrons. The van der Waals surface area contributed by atoms with Crippen molar-refractivity contribution in [3.05, 3.63) is 28.8 Å². The molecule has 0 aromatic heterocycles. The average Bonchev–Trinajstić information content (AvgIpc) is 2.68. The van der Waals surface area contributed by atoms with E-state index in [-0.39, 0.29) is 28.7 Å². The Labute approximate surface area is 122 Å². The van der Waals surface area contributed by atoms with Gasteiger partial charge in [0.1, 0.15) is 4.90 Å². The maximum Gasteiger partial charge on any atom is 0.241 e. The molecule has 2 rings (SSSR count). The number of aliphatic hydroxyl groups is 1. The number of carbonyl (C=O) groups is 1. The second kappa shape index (κ2) is 5.00. The van der Waals surface area contributed by atoms with Gasteiger partial charge in [0.05, 0.1) is 5.02 Å². The van der Waals surface area contributed by atoms with Crippen LogP contribution in [0.4, 0.5) is 0 Å². The Kier molecular flexibility index (Phi) is 3.81. The van der Waals surface area contributed by atoms with Crippen molar-refractivity contribution in [1.82, 2.24) is 9.62 Å². The summed E-state index contributed by atoms with van der Waals surface area (Å²) in [5.74, 6) is -0.194. The number of nitrogens with zero attached hydrogens (tertiary/aromatic N) is 1. The van der Waals surface area contributed by atoms with Gasteiger partial charge >= 0.3 is 0 Å². The van der Waals surface area contributed by atoms with E-state index >= 15 is 0 Å². The highest BCUT2D eigenvalue weighted by atomic mass is 35.5. The summed E-state index contributed by atoms with van der Waals surface area (Å²) in [6.07, 6.45) is 0.423. The summed E-state index contributed by atoms with van der Waals surface area (Å²) in [5.41, 5.74) is -1.18. The minimum Gasteiger partial charge on any atom is -0.367 e. The van der Waals surface area contributed by atoms with Crippen molar-refractivity contribution < 1.29 is 18.3 Å². The van der Waals surface area contributed by atoms with Crippen LogP contribution < -0.4 is 4.72 Å². The van der Waals surface area contributed by atoms with Crippen molar-refractivity contribution in [2.24, 2.45) is 0 Å². The first kappa shape index (κ1) is 15.2. The molecular weight excluding hydrogens is 304 g/mol. The van der Waals surface area contributed by atoms with Crippen molar-refractivity contribution in [3.8, 4) is 0 Å². The topological polar surface area (TPSA) is 86.7 Å². The molecule has 110 valence electrons. The predicted molar refractivity (Wildman–Crippen MR) is 73.6 cm³/mol. The highest BCUT2D eigenvalue weighted by molar-refractivity contribution is 7.89. The third-order valence-corrected chi connectivity index (χ3v) is 5.46. The van der Waals surface area contributed by atoms with E-state index in [9.17, 15) is 18.3 Å². The lowest BCUT2D eigenvalue weighted by Crippen LogP contribution is -2.40. The van der Waals surface area contributed by atoms with Crippen LogP contribution in [0.15, 0.2) is 23.1 Å². The molecule has 1 aliphatic heterocycles. The summed E-state index contributed by atoms with van der Waals surface area (Å²) >= 11 is 5.90. The van der Waals surface area contributed by atoms with Gasteiger partial charge in [0.25, 0.3) is 0 Å². The lowest BCUT2D eigenvalue weighted by Gasteiger charge is -2.31. The highest BCUT2D eigenvalue weighted by Crippen LogP contribution is 2.37. The lowest BCUT2D eigenvalue weighted by atomic mass is 10.0. The molecule has 0 aliphatic carbocycles. The summed E-state index contributed by atoms with van der Waals surface area (Å²) in [7, 11) is -0.977. The van der Waals surface area contributed by atoms with E-state index in [0.717, 1.165) is 0 Å². The van der Waals surface area contributed by atoms with Crippen LogP contribution in [0.25, 0.3) is 0 Å². The standard InChI is InChI=1S/C12H15ClN2O4S/c1-14-20(18,19)10-7-8(3-4-9(10)13)12(17)6-5-11(16)15(12)2/h3-4,7,14,17H,5-6H2,1-2H3. The van der Waals surface area contributed by atoms with Crippen LogP contribution in [0, 0.1) is 0 Å². The summed E-state index contributed by atoms with van der Waals surface area (Å²) < 4.78 is 25.9. The van der Waals surface area contributed by atoms with Crippen LogP contribution in [-0.2, 0) is 20.5 Å². The quantitative estimate of drug-likeness (QED) is 0.856. The molecule has 6 nitrogen and oxygen atoms in total. The SMILES string of the molecule is CNS(=O)(=O)c1cc(C2(O)CCC(=O)N2C)ccc1Cl. The third kappa shape index (κ3) is 2.31. The van der Waals surface area contributed by atoms with Gasteiger partial charge in [-0.2, -0.15) is 0 Å². The fourth-order valence-electron chi connectivity index (χ4n) is 2.23. The lowest BCUT2D eigenvalue weighted by molar-refractivity contribution is -0.142. The predicted octanol–water partition coefficient (Wildman–Crippen LogP) is 0.645. The summed E-state index contributed by atoms with van der Waals surface area (Å²) in [6, 6.07) is 4.21. The van der Waals surface area contributed by atoms with E-state index < -0.39 is 15.7 Å². The zero-order valence-corrected chi connectivity index (χ0v) is 12.6. The molecular formula is C12H15ClN2O4S. The smallest absolute Gasteiger partial charge is 0.241 e. The van der Waals surface area contributed by atoms with Gasteiger partial charge < -0.3 is 10.0 Å². The molecule has 1 amide bonds. The number of amides is 1. The average molecular weight is 319 g/mol. The van der Waals surface area contributed by atoms with E-state index in [2.05, 4.69) is 4.72 Å². The van der Waals surface area contributed by atoms with Gasteiger partial charge in [0.2, 0.25) is 15.9 Å². The fourth-order valence-corrected chi connectivity index (χ4v) is 3.48. The number of benzene rings is 1. The fraction of sp³-hybridized carbons (Fsp3) is 0.417. The van der Waals surface area contributed by atoms with Gasteiger partial charge in [-0.3, -0.25) is 4.79 Å². The van der Waals surface area contributed by atoms with Crippen LogP contribution in [0.1, 0.15) is 18.4 Å². The monoisotopic (exact) mass is 318 g/mol. The Hall–Kier alpha value is -1.15. The Bertz CT molecular complexity index is 661. The number of sulfonamides is 1. The van der Waals surface area contributed by atoms with Crippen molar-refractivity contribution in [1.29, 1.82) is 0 Å². The van der Waals surface area contributed by atoms with Crippen LogP contribution in [0.3, 0.4) is 0 Å². The van der Waals surface area contributed by atoms with Crippen molar-refractivity contribution in [2.45, 2.75) is 23.5 Å². The van der Waals surface area contributed by atoms with Crippen LogP contribution in [0.2, 0.25) is 5.02 Å². The summed E-state index contributed by atoms with van der Waals surface area (Å²) in [5, 5.41) is 10.7. The Morgan fingerprint density at radius 2 is 2.10 bits per heavy atom. The van der Waals surface area contributed by atoms with Gasteiger partial charge in [0.15, 0.2) is 5.72 Å². The second-order valence-electron chi connectivity index (χ2n) is 4.62. The number of nitrogens with one attached hydrogen (secondary N) is 1. The number of likely N-dealkylation sites (tertiary alicyclic amines) is 1. The zero-order valence-electron chi connectivity index (χ0n) is 11.1. The summed E-state index contributed by atoms with van der Waals surface area (Å²) in [4.78, 5) is 12.7. The molecule has 0 spiro atoms. The van der Waals surface area contributed by atoms with Gasteiger partial charge in [-0.15, -0.1) is 0 Å². The Morgan fingerprint density at radius 3 is 2.60 bits per heavy atom. The first-order valence-corrected chi connectivity index (χ1v) is 7.81. The Morgan fingerprint density at radius 1 is 1.45 bits per heavy atom. The number of carbonyl (C=O) groups excluding carboxylic acids is 1. The largest absolute Gasteiger partial charge is 0.367 e. The van der Waals surface area contributed by atoms with Crippen molar-refractivity contribution >= 4 is 27.5 Å². The molecule has 1 aromatic carbocycles. The van der Waals surface area contributed by atoms with Crippen molar-refractivity contribution in [2.75, 3.05) is 14.1 Å². The molecule has 1 fully saturated rings. The van der Waals surface area contributed by atoms with Gasteiger partial charge in [-0.1, -0.05) is 17.7 Å². The minimum atomic E-state index is -3.74. The first-order valence-electron chi connectivity index (χ1n) is 5.95. The molecule has 1 saturated heterocycles. The van der Waals surface area contributed by atoms with Crippen LogP contribution in [-0.4, -0.2) is 38.4 Å². The van der Waals surface area contributed by atoms with E-state index in [1.165, 1.54) is 37.2 Å². The first-order chi connectivity index (χ1) is 9.22. The molecule has 1 aliphatic rings. The molecule has 1 atom stereocenters. The Balaban J connectivity index is 2.56. The van der Waals surface area contributed by atoms with Crippen molar-refractivity contribution in [3.63, 3.8) is 0 Å². The number of hydrogen-bond donors (Lipinski definition) is 2. The third-order valence-electron chi connectivity index (χ3n) is 3.57. The molecule has 0 saturated carbocycles. The normalized spacial score (nSPS) is 23.4. The maximum absolute atomic E-state index is 11.9. The van der Waals surface area contributed by atoms with Crippen LogP contribution in [0.5, 0.6) is 0 Å². The molecule has 1 aromatic rings. The molecule has 8 heteroatoms. The second-order valence-corrected chi connectivity index (χ2v) is 6.88. The summed E-state index contributed by atoms with van der Waals surface area (Å²) in [6.45, 7) is 0. The number of rotatable bonds is 3.